The third kappa shape index (κ3) is 1.71. The molecule has 2 aromatic rings. The SMILES string of the molecule is CCN1CCc2[nH]c3ccc(OC)cc3c2C1. The molecule has 0 spiro atoms. The van der Waals surface area contributed by atoms with Crippen molar-refractivity contribution in [3.63, 3.8) is 0 Å². The van der Waals surface area contributed by atoms with Gasteiger partial charge in [-0.1, -0.05) is 6.92 Å². The molecule has 1 aliphatic rings. The van der Waals surface area contributed by atoms with Gasteiger partial charge in [0, 0.05) is 36.1 Å². The zero-order valence-corrected chi connectivity index (χ0v) is 10.4. The number of aromatic amines is 1. The summed E-state index contributed by atoms with van der Waals surface area (Å²) in [4.78, 5) is 6.01. The number of aromatic nitrogens is 1. The van der Waals surface area contributed by atoms with Crippen molar-refractivity contribution in [1.82, 2.24) is 9.88 Å². The first kappa shape index (κ1) is 10.7. The Kier molecular flexibility index (Phi) is 2.56. The van der Waals surface area contributed by atoms with Gasteiger partial charge in [0.05, 0.1) is 7.11 Å². The van der Waals surface area contributed by atoms with E-state index in [9.17, 15) is 0 Å². The van der Waals surface area contributed by atoms with Crippen LogP contribution in [0.1, 0.15) is 18.2 Å². The molecule has 0 radical (unpaired) electrons. The van der Waals surface area contributed by atoms with Crippen LogP contribution in [-0.4, -0.2) is 30.1 Å². The standard InChI is InChI=1S/C14H18N2O/c1-3-16-7-6-14-12(9-16)11-8-10(17-2)4-5-13(11)15-14/h4-5,8,15H,3,6-7,9H2,1-2H3. The lowest BCUT2D eigenvalue weighted by Gasteiger charge is -2.25. The Morgan fingerprint density at radius 2 is 2.29 bits per heavy atom. The maximum Gasteiger partial charge on any atom is 0.119 e. The molecule has 1 N–H and O–H groups in total. The van der Waals surface area contributed by atoms with Crippen LogP contribution < -0.4 is 4.74 Å². The van der Waals surface area contributed by atoms with Crippen molar-refractivity contribution < 1.29 is 4.74 Å². The highest BCUT2D eigenvalue weighted by atomic mass is 16.5. The molecule has 0 bridgehead atoms. The van der Waals surface area contributed by atoms with Gasteiger partial charge in [-0.15, -0.1) is 0 Å². The van der Waals surface area contributed by atoms with Crippen LogP contribution in [0.2, 0.25) is 0 Å². The molecule has 1 aromatic carbocycles. The van der Waals surface area contributed by atoms with Crippen LogP contribution >= 0.6 is 0 Å². The predicted molar refractivity (Wildman–Crippen MR) is 69.5 cm³/mol. The van der Waals surface area contributed by atoms with E-state index < -0.39 is 0 Å². The Balaban J connectivity index is 2.12. The van der Waals surface area contributed by atoms with Crippen molar-refractivity contribution in [2.45, 2.75) is 19.9 Å². The first-order valence-electron chi connectivity index (χ1n) is 6.21. The van der Waals surface area contributed by atoms with Crippen molar-refractivity contribution >= 4 is 10.9 Å². The molecule has 0 atom stereocenters. The zero-order valence-electron chi connectivity index (χ0n) is 10.4. The third-order valence-electron chi connectivity index (χ3n) is 3.71. The van der Waals surface area contributed by atoms with Gasteiger partial charge in [-0.2, -0.15) is 0 Å². The van der Waals surface area contributed by atoms with Crippen molar-refractivity contribution in [2.24, 2.45) is 0 Å². The minimum absolute atomic E-state index is 0.938. The Bertz CT molecular complexity index is 544. The fraction of sp³-hybridized carbons (Fsp3) is 0.429. The van der Waals surface area contributed by atoms with Crippen molar-refractivity contribution in [3.05, 3.63) is 29.5 Å². The number of hydrogen-bond acceptors (Lipinski definition) is 2. The molecule has 1 aromatic heterocycles. The lowest BCUT2D eigenvalue weighted by molar-refractivity contribution is 0.268. The maximum atomic E-state index is 5.31. The molecule has 1 aliphatic heterocycles. The van der Waals surface area contributed by atoms with Gasteiger partial charge in [0.2, 0.25) is 0 Å². The van der Waals surface area contributed by atoms with Crippen molar-refractivity contribution in [2.75, 3.05) is 20.2 Å². The van der Waals surface area contributed by atoms with E-state index in [-0.39, 0.29) is 0 Å². The molecule has 2 heterocycles. The number of benzene rings is 1. The second kappa shape index (κ2) is 4.08. The number of methoxy groups -OCH3 is 1. The van der Waals surface area contributed by atoms with Crippen LogP contribution in [0, 0.1) is 0 Å². The highest BCUT2D eigenvalue weighted by Crippen LogP contribution is 2.30. The smallest absolute Gasteiger partial charge is 0.119 e. The molecule has 0 amide bonds. The van der Waals surface area contributed by atoms with Gasteiger partial charge in [0.15, 0.2) is 0 Å². The van der Waals surface area contributed by atoms with E-state index in [2.05, 4.69) is 28.9 Å². The summed E-state index contributed by atoms with van der Waals surface area (Å²) in [6.45, 7) is 5.56. The summed E-state index contributed by atoms with van der Waals surface area (Å²) < 4.78 is 5.31. The lowest BCUT2D eigenvalue weighted by Crippen LogP contribution is -2.29. The summed E-state index contributed by atoms with van der Waals surface area (Å²) in [6, 6.07) is 6.27. The van der Waals surface area contributed by atoms with E-state index in [1.165, 1.54) is 22.2 Å². The second-order valence-electron chi connectivity index (χ2n) is 4.61. The quantitative estimate of drug-likeness (QED) is 0.858. The van der Waals surface area contributed by atoms with E-state index in [0.717, 1.165) is 31.8 Å². The molecule has 3 nitrogen and oxygen atoms in total. The molecule has 90 valence electrons. The molecule has 3 heteroatoms. The van der Waals surface area contributed by atoms with Crippen molar-refractivity contribution in [1.29, 1.82) is 0 Å². The van der Waals surface area contributed by atoms with E-state index in [1.807, 2.05) is 6.07 Å². The van der Waals surface area contributed by atoms with Crippen LogP contribution in [0.4, 0.5) is 0 Å². The van der Waals surface area contributed by atoms with Gasteiger partial charge in [0.1, 0.15) is 5.75 Å². The monoisotopic (exact) mass is 230 g/mol. The van der Waals surface area contributed by atoms with Gasteiger partial charge in [-0.05, 0) is 30.3 Å². The van der Waals surface area contributed by atoms with E-state index in [1.54, 1.807) is 7.11 Å². The predicted octanol–water partition coefficient (Wildman–Crippen LogP) is 2.55. The highest BCUT2D eigenvalue weighted by molar-refractivity contribution is 5.86. The van der Waals surface area contributed by atoms with Gasteiger partial charge < -0.3 is 9.72 Å². The van der Waals surface area contributed by atoms with Gasteiger partial charge in [-0.25, -0.2) is 0 Å². The maximum absolute atomic E-state index is 5.31. The number of nitrogens with one attached hydrogen (secondary N) is 1. The first-order valence-corrected chi connectivity index (χ1v) is 6.21. The number of fused-ring (bicyclic) bond motifs is 3. The van der Waals surface area contributed by atoms with Crippen molar-refractivity contribution in [3.8, 4) is 5.75 Å². The minimum Gasteiger partial charge on any atom is -0.497 e. The normalized spacial score (nSPS) is 16.1. The average Bonchev–Trinajstić information content (AvgIpc) is 2.75. The van der Waals surface area contributed by atoms with E-state index in [4.69, 9.17) is 4.74 Å². The summed E-state index contributed by atoms with van der Waals surface area (Å²) in [6.07, 6.45) is 1.13. The molecule has 0 unspecified atom stereocenters. The second-order valence-corrected chi connectivity index (χ2v) is 4.61. The largest absolute Gasteiger partial charge is 0.497 e. The fourth-order valence-electron chi connectivity index (χ4n) is 2.65. The Morgan fingerprint density at radius 3 is 3.06 bits per heavy atom. The molecule has 0 fully saturated rings. The summed E-state index contributed by atoms with van der Waals surface area (Å²) in [5, 5.41) is 1.32. The van der Waals surface area contributed by atoms with Gasteiger partial charge in [-0.3, -0.25) is 4.90 Å². The topological polar surface area (TPSA) is 28.3 Å². The van der Waals surface area contributed by atoms with Crippen LogP contribution in [0.5, 0.6) is 5.75 Å². The minimum atomic E-state index is 0.938. The summed E-state index contributed by atoms with van der Waals surface area (Å²) in [5.41, 5.74) is 4.08. The third-order valence-corrected chi connectivity index (χ3v) is 3.71. The zero-order chi connectivity index (χ0) is 11.8. The van der Waals surface area contributed by atoms with Crippen LogP contribution in [0.3, 0.4) is 0 Å². The van der Waals surface area contributed by atoms with Gasteiger partial charge in [0.25, 0.3) is 0 Å². The summed E-state index contributed by atoms with van der Waals surface area (Å²) in [7, 11) is 1.72. The Labute approximate surface area is 101 Å². The molecule has 0 aliphatic carbocycles. The van der Waals surface area contributed by atoms with Crippen LogP contribution in [0.15, 0.2) is 18.2 Å². The van der Waals surface area contributed by atoms with E-state index >= 15 is 0 Å². The summed E-state index contributed by atoms with van der Waals surface area (Å²) in [5.74, 6) is 0.938. The molecule has 0 saturated heterocycles. The number of rotatable bonds is 2. The highest BCUT2D eigenvalue weighted by Gasteiger charge is 2.19. The fourth-order valence-corrected chi connectivity index (χ4v) is 2.65. The molecule has 0 saturated carbocycles. The summed E-state index contributed by atoms with van der Waals surface area (Å²) >= 11 is 0. The van der Waals surface area contributed by atoms with Gasteiger partial charge >= 0.3 is 0 Å². The first-order chi connectivity index (χ1) is 8.31. The number of likely N-dealkylation sites (N-methyl/N-ethyl adjacent to an activating group) is 1. The molecular formula is C14H18N2O. The average molecular weight is 230 g/mol. The number of nitrogens with zero attached hydrogens (tertiary/aromatic N) is 1. The lowest BCUT2D eigenvalue weighted by atomic mass is 10.0. The number of ether oxygens (including phenoxy) is 1. The van der Waals surface area contributed by atoms with E-state index in [0.29, 0.717) is 0 Å². The molecule has 3 rings (SSSR count). The molecular weight excluding hydrogens is 212 g/mol. The molecule has 17 heavy (non-hydrogen) atoms. The number of hydrogen-bond donors (Lipinski definition) is 1. The number of H-pyrrole nitrogens is 1. The Morgan fingerprint density at radius 1 is 1.41 bits per heavy atom. The van der Waals surface area contributed by atoms with Crippen LogP contribution in [-0.2, 0) is 13.0 Å². The van der Waals surface area contributed by atoms with Crippen LogP contribution in [0.25, 0.3) is 10.9 Å². The Hall–Kier alpha value is -1.48.